The van der Waals surface area contributed by atoms with Crippen LogP contribution in [0.2, 0.25) is 0 Å². The molecule has 21 heavy (non-hydrogen) atoms. The molecule has 0 heterocycles. The molecule has 1 rings (SSSR count). The van der Waals surface area contributed by atoms with Crippen molar-refractivity contribution >= 4 is 5.97 Å². The van der Waals surface area contributed by atoms with E-state index < -0.39 is 12.0 Å². The molecule has 0 aliphatic heterocycles. The summed E-state index contributed by atoms with van der Waals surface area (Å²) in [6.45, 7) is 9.61. The topological polar surface area (TPSA) is 58.6 Å². The van der Waals surface area contributed by atoms with Crippen molar-refractivity contribution in [2.45, 2.75) is 52.0 Å². The number of nitrogens with one attached hydrogen (secondary N) is 1. The Morgan fingerprint density at radius 1 is 1.29 bits per heavy atom. The number of carbonyl (C=O) groups is 1. The standard InChI is InChI=1S/C17H27NO3/c1-5-11-18-15(16(19)20)10-12-21-14-8-6-13(7-9-14)17(2,3)4/h6-9,15,18H,5,10-12H2,1-4H3,(H,19,20). The molecule has 0 saturated carbocycles. The lowest BCUT2D eigenvalue weighted by molar-refractivity contribution is -0.139. The fourth-order valence-corrected chi connectivity index (χ4v) is 1.98. The highest BCUT2D eigenvalue weighted by molar-refractivity contribution is 5.73. The van der Waals surface area contributed by atoms with Crippen LogP contribution in [0.3, 0.4) is 0 Å². The monoisotopic (exact) mass is 293 g/mol. The zero-order chi connectivity index (χ0) is 15.9. The molecular formula is C17H27NO3. The average molecular weight is 293 g/mol. The molecule has 4 nitrogen and oxygen atoms in total. The quantitative estimate of drug-likeness (QED) is 0.772. The number of benzene rings is 1. The van der Waals surface area contributed by atoms with E-state index in [4.69, 9.17) is 9.84 Å². The SMILES string of the molecule is CCCNC(CCOc1ccc(C(C)(C)C)cc1)C(=O)O. The van der Waals surface area contributed by atoms with Crippen LogP contribution in [0.5, 0.6) is 5.75 Å². The van der Waals surface area contributed by atoms with Crippen molar-refractivity contribution in [1.29, 1.82) is 0 Å². The number of carboxylic acids is 1. The highest BCUT2D eigenvalue weighted by Crippen LogP contribution is 2.24. The Kier molecular flexibility index (Phi) is 6.69. The highest BCUT2D eigenvalue weighted by Gasteiger charge is 2.16. The number of rotatable bonds is 8. The van der Waals surface area contributed by atoms with Gasteiger partial charge in [-0.1, -0.05) is 39.8 Å². The average Bonchev–Trinajstić information content (AvgIpc) is 2.41. The molecule has 0 spiro atoms. The summed E-state index contributed by atoms with van der Waals surface area (Å²) in [5.41, 5.74) is 1.37. The first kappa shape index (κ1) is 17.5. The number of aliphatic carboxylic acids is 1. The molecule has 0 saturated heterocycles. The van der Waals surface area contributed by atoms with Gasteiger partial charge in [-0.15, -0.1) is 0 Å². The molecule has 1 aromatic rings. The summed E-state index contributed by atoms with van der Waals surface area (Å²) in [5.74, 6) is -0.0437. The molecule has 118 valence electrons. The summed E-state index contributed by atoms with van der Waals surface area (Å²) < 4.78 is 5.63. The second-order valence-electron chi connectivity index (χ2n) is 6.26. The van der Waals surface area contributed by atoms with Gasteiger partial charge in [-0.05, 0) is 36.1 Å². The normalized spacial score (nSPS) is 13.0. The van der Waals surface area contributed by atoms with Crippen molar-refractivity contribution in [2.24, 2.45) is 0 Å². The molecule has 1 atom stereocenters. The van der Waals surface area contributed by atoms with Crippen LogP contribution in [0, 0.1) is 0 Å². The Hall–Kier alpha value is -1.55. The van der Waals surface area contributed by atoms with Crippen LogP contribution in [0.25, 0.3) is 0 Å². The van der Waals surface area contributed by atoms with Crippen LogP contribution < -0.4 is 10.1 Å². The number of ether oxygens (including phenoxy) is 1. The Morgan fingerprint density at radius 2 is 1.90 bits per heavy atom. The molecule has 1 unspecified atom stereocenters. The number of carboxylic acid groups (broad SMARTS) is 1. The van der Waals surface area contributed by atoms with Crippen LogP contribution in [0.15, 0.2) is 24.3 Å². The molecule has 1 aromatic carbocycles. The molecular weight excluding hydrogens is 266 g/mol. The first-order chi connectivity index (χ1) is 9.84. The third-order valence-electron chi connectivity index (χ3n) is 3.33. The predicted molar refractivity (Wildman–Crippen MR) is 85.0 cm³/mol. The van der Waals surface area contributed by atoms with E-state index in [9.17, 15) is 4.79 Å². The maximum Gasteiger partial charge on any atom is 0.320 e. The summed E-state index contributed by atoms with van der Waals surface area (Å²) in [5, 5.41) is 12.1. The molecule has 0 radical (unpaired) electrons. The van der Waals surface area contributed by atoms with Gasteiger partial charge in [0.2, 0.25) is 0 Å². The van der Waals surface area contributed by atoms with E-state index >= 15 is 0 Å². The predicted octanol–water partition coefficient (Wildman–Crippen LogP) is 3.21. The van der Waals surface area contributed by atoms with E-state index in [0.717, 1.165) is 12.2 Å². The zero-order valence-electron chi connectivity index (χ0n) is 13.5. The maximum absolute atomic E-state index is 11.1. The lowest BCUT2D eigenvalue weighted by Gasteiger charge is -2.19. The molecule has 0 aromatic heterocycles. The lowest BCUT2D eigenvalue weighted by Crippen LogP contribution is -2.38. The van der Waals surface area contributed by atoms with Gasteiger partial charge in [-0.3, -0.25) is 4.79 Å². The second kappa shape index (κ2) is 8.03. The van der Waals surface area contributed by atoms with Crippen molar-refractivity contribution in [2.75, 3.05) is 13.2 Å². The molecule has 0 bridgehead atoms. The van der Waals surface area contributed by atoms with Gasteiger partial charge in [0, 0.05) is 6.42 Å². The maximum atomic E-state index is 11.1. The van der Waals surface area contributed by atoms with E-state index in [1.165, 1.54) is 5.56 Å². The third-order valence-corrected chi connectivity index (χ3v) is 3.33. The molecule has 4 heteroatoms. The molecule has 0 amide bonds. The minimum atomic E-state index is -0.824. The van der Waals surface area contributed by atoms with Crippen molar-refractivity contribution in [3.8, 4) is 5.75 Å². The van der Waals surface area contributed by atoms with Crippen LogP contribution >= 0.6 is 0 Å². The van der Waals surface area contributed by atoms with Crippen LogP contribution in [0.4, 0.5) is 0 Å². The first-order valence-electron chi connectivity index (χ1n) is 7.54. The minimum absolute atomic E-state index is 0.122. The number of hydrogen-bond donors (Lipinski definition) is 2. The van der Waals surface area contributed by atoms with Gasteiger partial charge in [0.05, 0.1) is 6.61 Å². The molecule has 0 fully saturated rings. The highest BCUT2D eigenvalue weighted by atomic mass is 16.5. The molecule has 0 aliphatic carbocycles. The summed E-state index contributed by atoms with van der Waals surface area (Å²) in [6.07, 6.45) is 1.37. The summed E-state index contributed by atoms with van der Waals surface area (Å²) in [6, 6.07) is 7.45. The van der Waals surface area contributed by atoms with Crippen LogP contribution in [0.1, 0.15) is 46.1 Å². The summed E-state index contributed by atoms with van der Waals surface area (Å²) in [4.78, 5) is 11.1. The van der Waals surface area contributed by atoms with E-state index in [1.54, 1.807) is 0 Å². The fourth-order valence-electron chi connectivity index (χ4n) is 1.98. The lowest BCUT2D eigenvalue weighted by atomic mass is 9.87. The Labute approximate surface area is 127 Å². The van der Waals surface area contributed by atoms with Crippen LogP contribution in [-0.2, 0) is 10.2 Å². The van der Waals surface area contributed by atoms with Gasteiger partial charge in [0.25, 0.3) is 0 Å². The van der Waals surface area contributed by atoms with Gasteiger partial charge >= 0.3 is 5.97 Å². The Bertz CT molecular complexity index is 434. The largest absolute Gasteiger partial charge is 0.494 e. The van der Waals surface area contributed by atoms with Crippen molar-refractivity contribution in [3.05, 3.63) is 29.8 Å². The molecule has 0 aliphatic rings. The zero-order valence-corrected chi connectivity index (χ0v) is 13.5. The fraction of sp³-hybridized carbons (Fsp3) is 0.588. The van der Waals surface area contributed by atoms with Gasteiger partial charge < -0.3 is 15.2 Å². The summed E-state index contributed by atoms with van der Waals surface area (Å²) in [7, 11) is 0. The van der Waals surface area contributed by atoms with E-state index in [1.807, 2.05) is 19.1 Å². The van der Waals surface area contributed by atoms with E-state index in [2.05, 4.69) is 38.2 Å². The van der Waals surface area contributed by atoms with Crippen LogP contribution in [-0.4, -0.2) is 30.3 Å². The second-order valence-corrected chi connectivity index (χ2v) is 6.26. The van der Waals surface area contributed by atoms with E-state index in [-0.39, 0.29) is 5.41 Å². The minimum Gasteiger partial charge on any atom is -0.494 e. The van der Waals surface area contributed by atoms with Crippen molar-refractivity contribution < 1.29 is 14.6 Å². The smallest absolute Gasteiger partial charge is 0.320 e. The molecule has 2 N–H and O–H groups in total. The van der Waals surface area contributed by atoms with Gasteiger partial charge in [-0.2, -0.15) is 0 Å². The number of hydrogen-bond acceptors (Lipinski definition) is 3. The van der Waals surface area contributed by atoms with E-state index in [0.29, 0.717) is 19.6 Å². The summed E-state index contributed by atoms with van der Waals surface area (Å²) >= 11 is 0. The van der Waals surface area contributed by atoms with Gasteiger partial charge in [-0.25, -0.2) is 0 Å². The first-order valence-corrected chi connectivity index (χ1v) is 7.54. The van der Waals surface area contributed by atoms with Gasteiger partial charge in [0.15, 0.2) is 0 Å². The van der Waals surface area contributed by atoms with Gasteiger partial charge in [0.1, 0.15) is 11.8 Å². The Balaban J connectivity index is 2.46. The van der Waals surface area contributed by atoms with Crippen molar-refractivity contribution in [3.63, 3.8) is 0 Å². The third kappa shape index (κ3) is 6.17. The Morgan fingerprint density at radius 3 is 2.38 bits per heavy atom. The van der Waals surface area contributed by atoms with Crippen molar-refractivity contribution in [1.82, 2.24) is 5.32 Å².